The van der Waals surface area contributed by atoms with E-state index in [2.05, 4.69) is 6.72 Å². The number of nitrogens with zero attached hydrogens (tertiary/aromatic N) is 2. The highest BCUT2D eigenvalue weighted by molar-refractivity contribution is 5.94. The molecular weight excluding hydrogens is 216 g/mol. The average molecular weight is 231 g/mol. The Bertz CT molecular complexity index is 506. The molecule has 0 aliphatic carbocycles. The molecule has 4 heteroatoms. The molecular formula is C13H15N2O2+. The van der Waals surface area contributed by atoms with Crippen molar-refractivity contribution < 1.29 is 14.2 Å². The molecule has 0 fully saturated rings. The third-order valence-electron chi connectivity index (χ3n) is 2.80. The fourth-order valence-electron chi connectivity index (χ4n) is 1.78. The number of hydrogen-bond donors (Lipinski definition) is 0. The maximum Gasteiger partial charge on any atom is 0.277 e. The van der Waals surface area contributed by atoms with Gasteiger partial charge < -0.3 is 0 Å². The van der Waals surface area contributed by atoms with Crippen molar-refractivity contribution in [3.05, 3.63) is 35.4 Å². The van der Waals surface area contributed by atoms with Crippen LogP contribution in [0.3, 0.4) is 0 Å². The van der Waals surface area contributed by atoms with E-state index in [-0.39, 0.29) is 5.91 Å². The molecule has 1 aliphatic rings. The first-order valence-electron chi connectivity index (χ1n) is 5.34. The number of fused-ring (bicyclic) bond motifs is 1. The van der Waals surface area contributed by atoms with Crippen molar-refractivity contribution >= 4 is 24.4 Å². The van der Waals surface area contributed by atoms with Crippen LogP contribution in [0.1, 0.15) is 15.9 Å². The zero-order valence-corrected chi connectivity index (χ0v) is 10.0. The zero-order chi connectivity index (χ0) is 12.4. The Morgan fingerprint density at radius 2 is 2.29 bits per heavy atom. The van der Waals surface area contributed by atoms with E-state index in [1.54, 1.807) is 13.1 Å². The quantitative estimate of drug-likeness (QED) is 0.573. The van der Waals surface area contributed by atoms with Gasteiger partial charge in [0.25, 0.3) is 5.91 Å². The highest BCUT2D eigenvalue weighted by Gasteiger charge is 2.18. The number of hydroxylamine groups is 2. The highest BCUT2D eigenvalue weighted by atomic mass is 16.7. The van der Waals surface area contributed by atoms with Crippen LogP contribution in [0, 0.1) is 0 Å². The summed E-state index contributed by atoms with van der Waals surface area (Å²) >= 11 is 0. The second kappa shape index (κ2) is 4.51. The Kier molecular flexibility index (Phi) is 3.06. The van der Waals surface area contributed by atoms with Gasteiger partial charge in [0.1, 0.15) is 6.72 Å². The molecule has 0 saturated carbocycles. The summed E-state index contributed by atoms with van der Waals surface area (Å²) in [6.45, 7) is 4.72. The second-order valence-corrected chi connectivity index (χ2v) is 3.88. The lowest BCUT2D eigenvalue weighted by molar-refractivity contribution is -0.420. The lowest BCUT2D eigenvalue weighted by Crippen LogP contribution is -2.25. The van der Waals surface area contributed by atoms with Crippen LogP contribution in [0.5, 0.6) is 0 Å². The highest BCUT2D eigenvalue weighted by Crippen LogP contribution is 2.25. The fraction of sp³-hybridized carbons (Fsp3) is 0.231. The molecule has 1 aromatic rings. The first-order valence-corrected chi connectivity index (χ1v) is 5.34. The molecule has 88 valence electrons. The van der Waals surface area contributed by atoms with E-state index >= 15 is 0 Å². The molecule has 0 spiro atoms. The van der Waals surface area contributed by atoms with E-state index in [0.29, 0.717) is 5.56 Å². The van der Waals surface area contributed by atoms with Crippen LogP contribution >= 0.6 is 0 Å². The Labute approximate surface area is 100 Å². The first kappa shape index (κ1) is 11.5. The Hall–Kier alpha value is -1.94. The van der Waals surface area contributed by atoms with E-state index in [4.69, 9.17) is 4.84 Å². The molecule has 0 N–H and O–H groups in total. The summed E-state index contributed by atoms with van der Waals surface area (Å²) in [5, 5.41) is 1.20. The first-order chi connectivity index (χ1) is 8.13. The van der Waals surface area contributed by atoms with Gasteiger partial charge in [0.2, 0.25) is 5.69 Å². The van der Waals surface area contributed by atoms with E-state index in [0.717, 1.165) is 17.8 Å². The van der Waals surface area contributed by atoms with Crippen molar-refractivity contribution in [3.63, 3.8) is 0 Å². The molecule has 0 aromatic heterocycles. The van der Waals surface area contributed by atoms with E-state index < -0.39 is 0 Å². The number of rotatable bonds is 2. The smallest absolute Gasteiger partial charge is 0.274 e. The van der Waals surface area contributed by atoms with Gasteiger partial charge in [-0.15, -0.1) is 0 Å². The van der Waals surface area contributed by atoms with Crippen LogP contribution in [0.2, 0.25) is 0 Å². The van der Waals surface area contributed by atoms with Gasteiger partial charge in [-0.05, 0) is 24.3 Å². The average Bonchev–Trinajstić information content (AvgIpc) is 2.37. The second-order valence-electron chi connectivity index (χ2n) is 3.88. The van der Waals surface area contributed by atoms with Crippen LogP contribution in [-0.4, -0.2) is 43.0 Å². The molecule has 1 aromatic carbocycles. The van der Waals surface area contributed by atoms with Gasteiger partial charge in [-0.2, -0.15) is 0 Å². The fourth-order valence-corrected chi connectivity index (χ4v) is 1.78. The molecule has 0 atom stereocenters. The molecule has 0 saturated heterocycles. The predicted molar refractivity (Wildman–Crippen MR) is 66.5 cm³/mol. The molecule has 0 unspecified atom stereocenters. The van der Waals surface area contributed by atoms with Gasteiger partial charge in [-0.25, -0.2) is 9.64 Å². The van der Waals surface area contributed by atoms with Crippen molar-refractivity contribution in [2.24, 2.45) is 0 Å². The van der Waals surface area contributed by atoms with Crippen LogP contribution in [0.25, 0.3) is 6.08 Å². The molecule has 1 aliphatic heterocycles. The van der Waals surface area contributed by atoms with E-state index in [1.165, 1.54) is 12.2 Å². The minimum atomic E-state index is -0.162. The Balaban J connectivity index is 2.38. The van der Waals surface area contributed by atoms with Crippen molar-refractivity contribution in [1.29, 1.82) is 0 Å². The topological polar surface area (TPSA) is 32.5 Å². The van der Waals surface area contributed by atoms with Crippen LogP contribution in [0.4, 0.5) is 5.69 Å². The van der Waals surface area contributed by atoms with E-state index in [9.17, 15) is 4.79 Å². The molecule has 4 nitrogen and oxygen atoms in total. The predicted octanol–water partition coefficient (Wildman–Crippen LogP) is 1.69. The number of hydrogen-bond acceptors (Lipinski definition) is 2. The van der Waals surface area contributed by atoms with Crippen molar-refractivity contribution in [3.8, 4) is 0 Å². The lowest BCUT2D eigenvalue weighted by atomic mass is 10.0. The van der Waals surface area contributed by atoms with Crippen LogP contribution < -0.4 is 0 Å². The lowest BCUT2D eigenvalue weighted by Gasteiger charge is -2.15. The summed E-state index contributed by atoms with van der Waals surface area (Å²) < 4.78 is 1.89. The van der Waals surface area contributed by atoms with Gasteiger partial charge in [0.05, 0.1) is 7.11 Å². The molecule has 0 bridgehead atoms. The zero-order valence-electron chi connectivity index (χ0n) is 10.0. The summed E-state index contributed by atoms with van der Waals surface area (Å²) in [4.78, 5) is 16.8. The van der Waals surface area contributed by atoms with Crippen molar-refractivity contribution in [2.45, 2.75) is 0 Å². The number of amides is 1. The molecule has 17 heavy (non-hydrogen) atoms. The summed E-state index contributed by atoms with van der Waals surface area (Å²) in [6.07, 6.45) is 4.02. The number of carbonyl (C=O) groups is 1. The molecule has 2 rings (SSSR count). The SMILES string of the molecule is C=[N+]1CC=Cc2cc(C(=O)N(C)OC)ccc21. The minimum Gasteiger partial charge on any atom is -0.274 e. The molecule has 1 amide bonds. The van der Waals surface area contributed by atoms with Crippen molar-refractivity contribution in [1.82, 2.24) is 5.06 Å². The number of carbonyl (C=O) groups excluding carboxylic acids is 1. The normalized spacial score (nSPS) is 13.4. The Morgan fingerprint density at radius 1 is 1.53 bits per heavy atom. The van der Waals surface area contributed by atoms with Gasteiger partial charge in [-0.3, -0.25) is 9.63 Å². The summed E-state index contributed by atoms with van der Waals surface area (Å²) in [5.41, 5.74) is 2.64. The van der Waals surface area contributed by atoms with Gasteiger partial charge in [-0.1, -0.05) is 0 Å². The third kappa shape index (κ3) is 2.12. The van der Waals surface area contributed by atoms with Gasteiger partial charge >= 0.3 is 0 Å². The van der Waals surface area contributed by atoms with Gasteiger partial charge in [0, 0.05) is 24.2 Å². The van der Waals surface area contributed by atoms with Crippen molar-refractivity contribution in [2.75, 3.05) is 20.7 Å². The van der Waals surface area contributed by atoms with Crippen LogP contribution in [-0.2, 0) is 4.84 Å². The summed E-state index contributed by atoms with van der Waals surface area (Å²) in [5.74, 6) is -0.162. The number of benzene rings is 1. The molecule has 0 radical (unpaired) electrons. The van der Waals surface area contributed by atoms with Crippen LogP contribution in [0.15, 0.2) is 24.3 Å². The monoisotopic (exact) mass is 231 g/mol. The largest absolute Gasteiger partial charge is 0.277 e. The van der Waals surface area contributed by atoms with Gasteiger partial charge in [0.15, 0.2) is 6.54 Å². The Morgan fingerprint density at radius 3 is 3.00 bits per heavy atom. The van der Waals surface area contributed by atoms with E-state index in [1.807, 2.05) is 28.9 Å². The minimum absolute atomic E-state index is 0.162. The summed E-state index contributed by atoms with van der Waals surface area (Å²) in [7, 11) is 3.05. The maximum atomic E-state index is 11.9. The third-order valence-corrected chi connectivity index (χ3v) is 2.80. The molecule has 1 heterocycles. The summed E-state index contributed by atoms with van der Waals surface area (Å²) in [6, 6.07) is 5.54. The maximum absolute atomic E-state index is 11.9. The standard InChI is InChI=1S/C13H15N2O2/c1-14-8-4-5-10-9-11(6-7-12(10)14)13(16)15(2)17-3/h4-7,9H,1,8H2,2-3H3/q+1.